The summed E-state index contributed by atoms with van der Waals surface area (Å²) in [6.45, 7) is 3.31. The first-order valence-corrected chi connectivity index (χ1v) is 5.28. The number of thiophene rings is 1. The average molecular weight is 255 g/mol. The van der Waals surface area contributed by atoms with Gasteiger partial charge in [-0.3, -0.25) is 4.90 Å². The van der Waals surface area contributed by atoms with Gasteiger partial charge < -0.3 is 5.73 Å². The van der Waals surface area contributed by atoms with E-state index in [1.54, 1.807) is 11.3 Å². The number of hydrogen-bond acceptors (Lipinski definition) is 3. The normalized spacial score (nSPS) is 21.4. The molecule has 1 fully saturated rings. The fourth-order valence-corrected chi connectivity index (χ4v) is 2.31. The number of hydrogen-bond donors (Lipinski definition) is 1. The Labute approximate surface area is 101 Å². The van der Waals surface area contributed by atoms with Gasteiger partial charge in [0.1, 0.15) is 0 Å². The molecular weight excluding hydrogens is 239 g/mol. The second kappa shape index (κ2) is 6.64. The van der Waals surface area contributed by atoms with Crippen LogP contribution in [0.15, 0.2) is 16.8 Å². The Balaban J connectivity index is 0.000000845. The van der Waals surface area contributed by atoms with Crippen LogP contribution >= 0.6 is 36.2 Å². The van der Waals surface area contributed by atoms with Crippen LogP contribution in [0.5, 0.6) is 0 Å². The summed E-state index contributed by atoms with van der Waals surface area (Å²) in [5, 5.41) is 4.34. The van der Waals surface area contributed by atoms with Crippen molar-refractivity contribution in [2.45, 2.75) is 19.0 Å². The largest absolute Gasteiger partial charge is 0.326 e. The van der Waals surface area contributed by atoms with E-state index in [1.165, 1.54) is 5.56 Å². The van der Waals surface area contributed by atoms with E-state index in [0.717, 1.165) is 26.1 Å². The van der Waals surface area contributed by atoms with Crippen molar-refractivity contribution in [3.05, 3.63) is 22.4 Å². The molecule has 1 aliphatic rings. The van der Waals surface area contributed by atoms with Crippen molar-refractivity contribution in [3.8, 4) is 0 Å². The average Bonchev–Trinajstić information content (AvgIpc) is 2.63. The van der Waals surface area contributed by atoms with Gasteiger partial charge in [-0.2, -0.15) is 11.3 Å². The van der Waals surface area contributed by atoms with Crippen LogP contribution in [0.3, 0.4) is 0 Å². The summed E-state index contributed by atoms with van der Waals surface area (Å²) < 4.78 is 0. The van der Waals surface area contributed by atoms with Gasteiger partial charge in [0.2, 0.25) is 0 Å². The highest BCUT2D eigenvalue weighted by molar-refractivity contribution is 7.07. The molecule has 0 spiro atoms. The minimum Gasteiger partial charge on any atom is -0.326 e. The van der Waals surface area contributed by atoms with E-state index >= 15 is 0 Å². The number of rotatable bonds is 2. The van der Waals surface area contributed by atoms with Gasteiger partial charge in [-0.25, -0.2) is 0 Å². The van der Waals surface area contributed by atoms with Crippen LogP contribution in [-0.4, -0.2) is 24.0 Å². The van der Waals surface area contributed by atoms with Crippen molar-refractivity contribution < 1.29 is 0 Å². The third-order valence-corrected chi connectivity index (χ3v) is 3.03. The Morgan fingerprint density at radius 3 is 2.79 bits per heavy atom. The Morgan fingerprint density at radius 2 is 2.29 bits per heavy atom. The molecule has 0 unspecified atom stereocenters. The van der Waals surface area contributed by atoms with Crippen molar-refractivity contribution in [2.75, 3.05) is 13.1 Å². The molecule has 1 aromatic rings. The van der Waals surface area contributed by atoms with E-state index in [2.05, 4.69) is 21.7 Å². The molecule has 5 heteroatoms. The van der Waals surface area contributed by atoms with Crippen LogP contribution in [0.2, 0.25) is 0 Å². The fourth-order valence-electron chi connectivity index (χ4n) is 1.65. The highest BCUT2D eigenvalue weighted by Crippen LogP contribution is 2.13. The Kier molecular flexibility index (Phi) is 6.74. The van der Waals surface area contributed by atoms with Gasteiger partial charge in [-0.1, -0.05) is 0 Å². The van der Waals surface area contributed by atoms with E-state index < -0.39 is 0 Å². The predicted molar refractivity (Wildman–Crippen MR) is 66.7 cm³/mol. The van der Waals surface area contributed by atoms with Gasteiger partial charge in [0.05, 0.1) is 0 Å². The zero-order chi connectivity index (χ0) is 8.39. The molecule has 0 bridgehead atoms. The van der Waals surface area contributed by atoms with Gasteiger partial charge in [-0.15, -0.1) is 24.8 Å². The number of likely N-dealkylation sites (tertiary alicyclic amines) is 1. The zero-order valence-electron chi connectivity index (χ0n) is 7.89. The smallest absolute Gasteiger partial charge is 0.0242 e. The summed E-state index contributed by atoms with van der Waals surface area (Å²) in [5.74, 6) is 0. The number of halogens is 2. The maximum Gasteiger partial charge on any atom is 0.0242 e. The van der Waals surface area contributed by atoms with E-state index in [-0.39, 0.29) is 24.8 Å². The summed E-state index contributed by atoms with van der Waals surface area (Å²) >= 11 is 1.77. The van der Waals surface area contributed by atoms with Crippen LogP contribution in [0.4, 0.5) is 0 Å². The van der Waals surface area contributed by atoms with Crippen molar-refractivity contribution >= 4 is 36.2 Å². The molecular formula is C9H16Cl2N2S. The first-order chi connectivity index (χ1) is 5.84. The minimum atomic E-state index is 0. The molecule has 2 heterocycles. The summed E-state index contributed by atoms with van der Waals surface area (Å²) in [7, 11) is 0. The summed E-state index contributed by atoms with van der Waals surface area (Å²) in [6, 6.07) is 2.60. The molecule has 0 saturated carbocycles. The van der Waals surface area contributed by atoms with Crippen molar-refractivity contribution in [2.24, 2.45) is 5.73 Å². The van der Waals surface area contributed by atoms with Crippen LogP contribution in [0.1, 0.15) is 12.0 Å². The quantitative estimate of drug-likeness (QED) is 0.877. The lowest BCUT2D eigenvalue weighted by Crippen LogP contribution is -2.26. The van der Waals surface area contributed by atoms with Crippen molar-refractivity contribution in [1.82, 2.24) is 4.90 Å². The van der Waals surface area contributed by atoms with Gasteiger partial charge in [0.15, 0.2) is 0 Å². The molecule has 2 nitrogen and oxygen atoms in total. The summed E-state index contributed by atoms with van der Waals surface area (Å²) in [5.41, 5.74) is 7.24. The Hall–Kier alpha value is 0.200. The van der Waals surface area contributed by atoms with Gasteiger partial charge >= 0.3 is 0 Å². The number of nitrogens with two attached hydrogens (primary N) is 1. The molecule has 1 aliphatic heterocycles. The second-order valence-corrected chi connectivity index (χ2v) is 4.20. The molecule has 0 radical (unpaired) electrons. The van der Waals surface area contributed by atoms with Gasteiger partial charge in [0, 0.05) is 25.7 Å². The topological polar surface area (TPSA) is 29.3 Å². The van der Waals surface area contributed by atoms with E-state index in [0.29, 0.717) is 6.04 Å². The second-order valence-electron chi connectivity index (χ2n) is 3.42. The standard InChI is InChI=1S/C9H14N2S.2ClH/c10-9-1-3-11(6-9)5-8-2-4-12-7-8;;/h2,4,7,9H,1,3,5-6,10H2;2*1H/t9-;;/m1../s1. The maximum atomic E-state index is 5.82. The molecule has 2 N–H and O–H groups in total. The molecule has 1 aromatic heterocycles. The van der Waals surface area contributed by atoms with Crippen LogP contribution in [-0.2, 0) is 6.54 Å². The monoisotopic (exact) mass is 254 g/mol. The zero-order valence-corrected chi connectivity index (χ0v) is 10.3. The van der Waals surface area contributed by atoms with E-state index in [4.69, 9.17) is 5.73 Å². The SMILES string of the molecule is Cl.Cl.N[C@@H]1CCN(Cc2ccsc2)C1. The molecule has 82 valence electrons. The lowest BCUT2D eigenvalue weighted by atomic mass is 10.3. The minimum absolute atomic E-state index is 0. The van der Waals surface area contributed by atoms with Crippen LogP contribution < -0.4 is 5.73 Å². The lowest BCUT2D eigenvalue weighted by molar-refractivity contribution is 0.327. The fraction of sp³-hybridized carbons (Fsp3) is 0.556. The molecule has 0 amide bonds. The van der Waals surface area contributed by atoms with Gasteiger partial charge in [-0.05, 0) is 28.8 Å². The van der Waals surface area contributed by atoms with Crippen molar-refractivity contribution in [1.29, 1.82) is 0 Å². The summed E-state index contributed by atoms with van der Waals surface area (Å²) in [4.78, 5) is 2.42. The van der Waals surface area contributed by atoms with Crippen LogP contribution in [0.25, 0.3) is 0 Å². The van der Waals surface area contributed by atoms with E-state index in [9.17, 15) is 0 Å². The van der Waals surface area contributed by atoms with Crippen molar-refractivity contribution in [3.63, 3.8) is 0 Å². The van der Waals surface area contributed by atoms with Gasteiger partial charge in [0.25, 0.3) is 0 Å². The maximum absolute atomic E-state index is 5.82. The molecule has 0 aromatic carbocycles. The Bertz CT molecular complexity index is 241. The first-order valence-electron chi connectivity index (χ1n) is 4.33. The van der Waals surface area contributed by atoms with E-state index in [1.807, 2.05) is 0 Å². The molecule has 1 atom stereocenters. The molecule has 14 heavy (non-hydrogen) atoms. The third kappa shape index (κ3) is 3.75. The lowest BCUT2D eigenvalue weighted by Gasteiger charge is -2.13. The molecule has 0 aliphatic carbocycles. The highest BCUT2D eigenvalue weighted by Gasteiger charge is 2.18. The third-order valence-electron chi connectivity index (χ3n) is 2.30. The summed E-state index contributed by atoms with van der Waals surface area (Å²) in [6.07, 6.45) is 1.16. The predicted octanol–water partition coefficient (Wildman–Crippen LogP) is 2.12. The highest BCUT2D eigenvalue weighted by atomic mass is 35.5. The molecule has 1 saturated heterocycles. The molecule has 2 rings (SSSR count). The first kappa shape index (κ1) is 14.2. The Morgan fingerprint density at radius 1 is 1.50 bits per heavy atom. The van der Waals surface area contributed by atoms with Crippen LogP contribution in [0, 0.1) is 0 Å². The number of nitrogens with zero attached hydrogens (tertiary/aromatic N) is 1.